The van der Waals surface area contributed by atoms with Crippen molar-refractivity contribution in [3.8, 4) is 11.4 Å². The lowest BCUT2D eigenvalue weighted by Crippen LogP contribution is -2.34. The number of hydrogen-bond acceptors (Lipinski definition) is 4. The third-order valence-corrected chi connectivity index (χ3v) is 4.71. The molecule has 1 heterocycles. The molecule has 0 saturated heterocycles. The molecule has 140 valence electrons. The number of nitrogens with zero attached hydrogens (tertiary/aromatic N) is 5. The minimum Gasteiger partial charge on any atom is -0.310 e. The summed E-state index contributed by atoms with van der Waals surface area (Å²) in [5, 5.41) is 14.7. The highest BCUT2D eigenvalue weighted by atomic mass is 16.2. The normalized spacial score (nSPS) is 10.9. The monoisotopic (exact) mass is 371 g/mol. The fourth-order valence-electron chi connectivity index (χ4n) is 3.26. The van der Waals surface area contributed by atoms with Crippen molar-refractivity contribution in [1.29, 1.82) is 0 Å². The van der Waals surface area contributed by atoms with Crippen molar-refractivity contribution in [2.24, 2.45) is 0 Å². The number of anilines is 1. The van der Waals surface area contributed by atoms with Crippen molar-refractivity contribution in [2.45, 2.75) is 20.4 Å². The van der Waals surface area contributed by atoms with E-state index in [9.17, 15) is 4.79 Å². The van der Waals surface area contributed by atoms with Crippen molar-refractivity contribution < 1.29 is 4.79 Å². The molecule has 0 aliphatic heterocycles. The summed E-state index contributed by atoms with van der Waals surface area (Å²) in [6, 6.07) is 21.9. The Balaban J connectivity index is 1.57. The summed E-state index contributed by atoms with van der Waals surface area (Å²) in [7, 11) is 0. The zero-order chi connectivity index (χ0) is 19.5. The Morgan fingerprint density at radius 3 is 2.54 bits per heavy atom. The van der Waals surface area contributed by atoms with Crippen LogP contribution in [0.3, 0.4) is 0 Å². The summed E-state index contributed by atoms with van der Waals surface area (Å²) < 4.78 is 0. The first-order chi connectivity index (χ1) is 13.7. The SMILES string of the molecule is CCN(C(=O)Cn1nnc(-c2ccc(C)cc2)n1)c1cccc2ccccc12. The number of tetrazole rings is 1. The number of amides is 1. The Labute approximate surface area is 163 Å². The van der Waals surface area contributed by atoms with E-state index in [2.05, 4.69) is 15.4 Å². The van der Waals surface area contributed by atoms with Gasteiger partial charge in [0, 0.05) is 17.5 Å². The lowest BCUT2D eigenvalue weighted by molar-refractivity contribution is -0.119. The molecule has 0 N–H and O–H groups in total. The fraction of sp³-hybridized carbons (Fsp3) is 0.182. The molecule has 0 bridgehead atoms. The van der Waals surface area contributed by atoms with E-state index >= 15 is 0 Å². The molecular weight excluding hydrogens is 350 g/mol. The number of aromatic nitrogens is 4. The van der Waals surface area contributed by atoms with E-state index in [-0.39, 0.29) is 12.5 Å². The van der Waals surface area contributed by atoms with Crippen LogP contribution in [0.2, 0.25) is 0 Å². The number of aryl methyl sites for hydroxylation is 1. The van der Waals surface area contributed by atoms with E-state index in [1.54, 1.807) is 4.90 Å². The molecule has 3 aromatic carbocycles. The van der Waals surface area contributed by atoms with E-state index in [1.165, 1.54) is 10.4 Å². The second-order valence-electron chi connectivity index (χ2n) is 6.65. The summed E-state index contributed by atoms with van der Waals surface area (Å²) in [5.74, 6) is 0.438. The van der Waals surface area contributed by atoms with Crippen LogP contribution in [0.25, 0.3) is 22.2 Å². The maximum atomic E-state index is 13.0. The number of carbonyl (C=O) groups excluding carboxylic acids is 1. The maximum absolute atomic E-state index is 13.0. The van der Waals surface area contributed by atoms with E-state index in [1.807, 2.05) is 80.6 Å². The van der Waals surface area contributed by atoms with Crippen LogP contribution in [0.15, 0.2) is 66.7 Å². The van der Waals surface area contributed by atoms with Gasteiger partial charge >= 0.3 is 0 Å². The van der Waals surface area contributed by atoms with Gasteiger partial charge in [-0.25, -0.2) is 0 Å². The number of carbonyl (C=O) groups is 1. The predicted molar refractivity (Wildman–Crippen MR) is 110 cm³/mol. The Kier molecular flexibility index (Phi) is 4.85. The Bertz CT molecular complexity index is 1110. The van der Waals surface area contributed by atoms with Gasteiger partial charge in [0.1, 0.15) is 6.54 Å². The Morgan fingerprint density at radius 2 is 1.75 bits per heavy atom. The summed E-state index contributed by atoms with van der Waals surface area (Å²) in [6.07, 6.45) is 0. The van der Waals surface area contributed by atoms with E-state index in [0.29, 0.717) is 12.4 Å². The van der Waals surface area contributed by atoms with Crippen molar-refractivity contribution in [3.63, 3.8) is 0 Å². The smallest absolute Gasteiger partial charge is 0.250 e. The van der Waals surface area contributed by atoms with Crippen LogP contribution in [0.1, 0.15) is 12.5 Å². The van der Waals surface area contributed by atoms with Crippen LogP contribution < -0.4 is 4.90 Å². The minimum atomic E-state index is -0.0771. The quantitative estimate of drug-likeness (QED) is 0.534. The van der Waals surface area contributed by atoms with Gasteiger partial charge in [-0.2, -0.15) is 4.80 Å². The zero-order valence-electron chi connectivity index (χ0n) is 15.9. The highest BCUT2D eigenvalue weighted by Gasteiger charge is 2.18. The molecule has 0 aliphatic rings. The molecule has 0 fully saturated rings. The third-order valence-electron chi connectivity index (χ3n) is 4.71. The van der Waals surface area contributed by atoms with Crippen LogP contribution in [0.4, 0.5) is 5.69 Å². The summed E-state index contributed by atoms with van der Waals surface area (Å²) in [4.78, 5) is 16.1. The van der Waals surface area contributed by atoms with Gasteiger partial charge in [0.2, 0.25) is 5.82 Å². The van der Waals surface area contributed by atoms with Crippen LogP contribution in [-0.2, 0) is 11.3 Å². The largest absolute Gasteiger partial charge is 0.310 e. The first-order valence-corrected chi connectivity index (χ1v) is 9.28. The van der Waals surface area contributed by atoms with Gasteiger partial charge in [-0.3, -0.25) is 4.79 Å². The molecule has 0 spiro atoms. The Hall–Kier alpha value is -3.54. The number of rotatable bonds is 5. The molecule has 0 unspecified atom stereocenters. The first-order valence-electron chi connectivity index (χ1n) is 9.28. The average Bonchev–Trinajstić information content (AvgIpc) is 3.17. The van der Waals surface area contributed by atoms with E-state index in [0.717, 1.165) is 22.0 Å². The van der Waals surface area contributed by atoms with Gasteiger partial charge in [-0.1, -0.05) is 66.2 Å². The number of benzene rings is 3. The third kappa shape index (κ3) is 3.49. The second-order valence-corrected chi connectivity index (χ2v) is 6.65. The lowest BCUT2D eigenvalue weighted by Gasteiger charge is -2.22. The van der Waals surface area contributed by atoms with Gasteiger partial charge < -0.3 is 4.90 Å². The highest BCUT2D eigenvalue weighted by Crippen LogP contribution is 2.27. The summed E-state index contributed by atoms with van der Waals surface area (Å²) in [5.41, 5.74) is 2.94. The second kappa shape index (κ2) is 7.60. The molecule has 1 aromatic heterocycles. The van der Waals surface area contributed by atoms with Gasteiger partial charge in [0.25, 0.3) is 5.91 Å². The van der Waals surface area contributed by atoms with Crippen molar-refractivity contribution >= 4 is 22.4 Å². The molecule has 0 radical (unpaired) electrons. The maximum Gasteiger partial charge on any atom is 0.250 e. The van der Waals surface area contributed by atoms with Crippen LogP contribution in [0, 0.1) is 6.92 Å². The molecular formula is C22H21N5O. The molecule has 0 atom stereocenters. The first kappa shape index (κ1) is 17.9. The zero-order valence-corrected chi connectivity index (χ0v) is 15.9. The standard InChI is InChI=1S/C22H21N5O/c1-3-26(20-10-6-8-17-7-4-5-9-19(17)20)21(28)15-27-24-22(23-25-27)18-13-11-16(2)12-14-18/h4-14H,3,15H2,1-2H3. The van der Waals surface area contributed by atoms with Crippen molar-refractivity contribution in [3.05, 3.63) is 72.3 Å². The van der Waals surface area contributed by atoms with E-state index in [4.69, 9.17) is 0 Å². The van der Waals surface area contributed by atoms with Crippen molar-refractivity contribution in [2.75, 3.05) is 11.4 Å². The van der Waals surface area contributed by atoms with Crippen LogP contribution >= 0.6 is 0 Å². The molecule has 4 aromatic rings. The minimum absolute atomic E-state index is 0.0376. The highest BCUT2D eigenvalue weighted by molar-refractivity contribution is 6.03. The molecule has 6 nitrogen and oxygen atoms in total. The lowest BCUT2D eigenvalue weighted by atomic mass is 10.1. The average molecular weight is 371 g/mol. The Morgan fingerprint density at radius 1 is 1.00 bits per heavy atom. The van der Waals surface area contributed by atoms with Gasteiger partial charge in [0.15, 0.2) is 0 Å². The van der Waals surface area contributed by atoms with Crippen LogP contribution in [-0.4, -0.2) is 32.7 Å². The molecule has 6 heteroatoms. The molecule has 0 aliphatic carbocycles. The van der Waals surface area contributed by atoms with Crippen molar-refractivity contribution in [1.82, 2.24) is 20.2 Å². The predicted octanol–water partition coefficient (Wildman–Crippen LogP) is 3.85. The number of fused-ring (bicyclic) bond motifs is 1. The molecule has 28 heavy (non-hydrogen) atoms. The topological polar surface area (TPSA) is 63.9 Å². The summed E-state index contributed by atoms with van der Waals surface area (Å²) >= 11 is 0. The molecule has 1 amide bonds. The number of likely N-dealkylation sites (N-methyl/N-ethyl adjacent to an activating group) is 1. The van der Waals surface area contributed by atoms with Gasteiger partial charge in [-0.15, -0.1) is 10.2 Å². The molecule has 4 rings (SSSR count). The van der Waals surface area contributed by atoms with E-state index < -0.39 is 0 Å². The summed E-state index contributed by atoms with van der Waals surface area (Å²) in [6.45, 7) is 4.59. The fourth-order valence-corrected chi connectivity index (χ4v) is 3.26. The van der Waals surface area contributed by atoms with Crippen LogP contribution in [0.5, 0.6) is 0 Å². The molecule has 0 saturated carbocycles. The number of hydrogen-bond donors (Lipinski definition) is 0. The van der Waals surface area contributed by atoms with Gasteiger partial charge in [-0.05, 0) is 30.5 Å². The van der Waals surface area contributed by atoms with Gasteiger partial charge in [0.05, 0.1) is 5.69 Å².